The second-order valence-electron chi connectivity index (χ2n) is 7.08. The topological polar surface area (TPSA) is 491 Å². The molecule has 0 aromatic carbocycles. The first kappa shape index (κ1) is 47.2. The van der Waals surface area contributed by atoms with Gasteiger partial charge in [-0.2, -0.15) is 0 Å². The molecule has 10 unspecified atom stereocenters. The van der Waals surface area contributed by atoms with Gasteiger partial charge in [0, 0.05) is 4.57 Å². The van der Waals surface area contributed by atoms with Gasteiger partial charge < -0.3 is 44.0 Å². The summed E-state index contributed by atoms with van der Waals surface area (Å²) in [5, 5.41) is 0. The Labute approximate surface area is 265 Å². The zero-order valence-electron chi connectivity index (χ0n) is 21.3. The van der Waals surface area contributed by atoms with Crippen molar-refractivity contribution in [1.29, 1.82) is 0 Å². The monoisotopic (exact) mass is 881 g/mol. The Hall–Kier alpha value is 0.200. The molecule has 0 aliphatic heterocycles. The van der Waals surface area contributed by atoms with Crippen LogP contribution in [0.25, 0.3) is 0 Å². The Balaban J connectivity index is 9.89. The van der Waals surface area contributed by atoms with E-state index in [2.05, 4.69) is 45.2 Å². The molecule has 0 aromatic rings. The minimum absolute atomic E-state index is 0.0228. The molecule has 0 radical (unpaired) electrons. The zero-order chi connectivity index (χ0) is 37.3. The van der Waals surface area contributed by atoms with E-state index in [9.17, 15) is 94.6 Å². The molecule has 1 N–H and O–H groups in total. The second kappa shape index (κ2) is 19.2. The smallest absolute Gasteiger partial charge is 0.566 e. The first-order valence-corrected chi connectivity index (χ1v) is 20.5. The Morgan fingerprint density at radius 3 is 0.787 bits per heavy atom. The second-order valence-corrected chi connectivity index (χ2v) is 13.4. The Kier molecular flexibility index (Phi) is 19.2. The molecule has 0 bridgehead atoms. The largest absolute Gasteiger partial charge is 0.695 e. The lowest BCUT2D eigenvalue weighted by molar-refractivity contribution is -0.518. The van der Waals surface area contributed by atoms with E-state index in [1.165, 1.54) is 0 Å². The summed E-state index contributed by atoms with van der Waals surface area (Å²) in [5.41, 5.74) is -3.98. The highest BCUT2D eigenvalue weighted by molar-refractivity contribution is 7.34. The molecule has 0 spiro atoms. The molecule has 10 atom stereocenters. The van der Waals surface area contributed by atoms with E-state index >= 15 is 0 Å². The van der Waals surface area contributed by atoms with Gasteiger partial charge in [0.1, 0.15) is 0 Å². The lowest BCUT2D eigenvalue weighted by atomic mass is 9.83. The van der Waals surface area contributed by atoms with Crippen LogP contribution in [0.15, 0.2) is 0 Å². The highest BCUT2D eigenvalue weighted by Crippen LogP contribution is 2.66. The molecule has 0 aromatic heterocycles. The van der Waals surface area contributed by atoms with Gasteiger partial charge in [0.25, 0.3) is 0 Å². The van der Waals surface area contributed by atoms with Gasteiger partial charge in [0.2, 0.25) is 0 Å². The summed E-state index contributed by atoms with van der Waals surface area (Å²) in [6.07, 6.45) is 0. The summed E-state index contributed by atoms with van der Waals surface area (Å²) in [4.78, 5) is 116. The normalized spacial score (nSPS) is 20.6. The molecule has 0 aliphatic rings. The van der Waals surface area contributed by atoms with E-state index in [1.807, 2.05) is 0 Å². The van der Waals surface area contributed by atoms with Crippen LogP contribution >= 0.6 is 82.5 Å². The van der Waals surface area contributed by atoms with E-state index in [1.54, 1.807) is 0 Å². The summed E-state index contributed by atoms with van der Waals surface area (Å²) in [7, 11) is -52.4. The number of rotatable bonds is 24. The van der Waals surface area contributed by atoms with Crippen LogP contribution in [0.4, 0.5) is 0 Å². The quantitative estimate of drug-likeness (QED) is 0.0705. The zero-order valence-corrected chi connectivity index (χ0v) is 30.2. The SMILES string of the molecule is CC(C)(O[P+](=O)O)C(O[P+](=O)[O-])(O[P+](=O)[O-])C(O[P+](=O)[O-])(O[P+](=O)[O-])C(O[P+](=O)[O-])(O[P+](=O)[O-])C(O[P+](=O)[O-])(O[P+](=O)[O-])O[P+](=O)[O-]. The van der Waals surface area contributed by atoms with Gasteiger partial charge >= 0.3 is 106 Å². The summed E-state index contributed by atoms with van der Waals surface area (Å²) in [6.45, 7) is -0.0456. The standard InChI is InChI=1S/C7H6O30P10/c1-3(2,28-38(8)9)4(29-39(10)11,30-40(12)13)5(31-41(14)15,32-42(16)17)6(33-43(18)19,34-44(20)21)7(35-45(22)23,36-46(24)25)37-47(26)27/h1-2H3/p+1. The van der Waals surface area contributed by atoms with Crippen LogP contribution < -0.4 is 44.0 Å². The molecule has 30 nitrogen and oxygen atoms in total. The predicted molar refractivity (Wildman–Crippen MR) is 114 cm³/mol. The number of hydrogen-bond donors (Lipinski definition) is 1. The van der Waals surface area contributed by atoms with Crippen LogP contribution in [-0.4, -0.2) is 33.8 Å². The molecule has 0 saturated carbocycles. The van der Waals surface area contributed by atoms with E-state index in [0.29, 0.717) is 0 Å². The first-order valence-electron chi connectivity index (χ1n) is 9.54. The van der Waals surface area contributed by atoms with Crippen molar-refractivity contribution >= 4 is 82.5 Å². The van der Waals surface area contributed by atoms with Gasteiger partial charge in [0.05, 0.1) is 0 Å². The highest BCUT2D eigenvalue weighted by Gasteiger charge is 2.99. The van der Waals surface area contributed by atoms with Crippen molar-refractivity contribution in [2.24, 2.45) is 0 Å². The molecule has 0 rings (SSSR count). The maximum atomic E-state index is 12.1. The Bertz CT molecular complexity index is 1250. The van der Waals surface area contributed by atoms with Crippen molar-refractivity contribution in [3.05, 3.63) is 0 Å². The fourth-order valence-electron chi connectivity index (χ4n) is 3.09. The summed E-state index contributed by atoms with van der Waals surface area (Å²) in [5.74, 6) is -23.1. The molecule has 0 fully saturated rings. The fourth-order valence-corrected chi connectivity index (χ4v) is 8.23. The van der Waals surface area contributed by atoms with Crippen molar-refractivity contribution in [3.8, 4) is 0 Å². The average Bonchev–Trinajstić information content (AvgIpc) is 2.78. The summed E-state index contributed by atoms with van der Waals surface area (Å²) >= 11 is 0. The minimum Gasteiger partial charge on any atom is -0.566 e. The Morgan fingerprint density at radius 2 is 0.574 bits per heavy atom. The molecule has 47 heavy (non-hydrogen) atoms. The molecule has 264 valence electrons. The van der Waals surface area contributed by atoms with Gasteiger partial charge in [-0.05, 0) is 54.9 Å². The van der Waals surface area contributed by atoms with E-state index in [4.69, 9.17) is 0 Å². The highest BCUT2D eigenvalue weighted by atomic mass is 31.2. The summed E-state index contributed by atoms with van der Waals surface area (Å²) < 4.78 is 158. The maximum Gasteiger partial charge on any atom is 0.695 e. The molecule has 0 heterocycles. The van der Waals surface area contributed by atoms with Crippen LogP contribution in [0.5, 0.6) is 0 Å². The van der Waals surface area contributed by atoms with Crippen molar-refractivity contribution in [3.63, 3.8) is 0 Å². The molecule has 40 heteroatoms. The maximum absolute atomic E-state index is 12.1. The molecular weight excluding hydrogens is 874 g/mol. The van der Waals surface area contributed by atoms with E-state index in [-0.39, 0.29) is 13.8 Å². The molecule has 0 amide bonds. The third kappa shape index (κ3) is 12.1. The van der Waals surface area contributed by atoms with Crippen LogP contribution in [-0.2, 0) is 90.9 Å². The van der Waals surface area contributed by atoms with Crippen molar-refractivity contribution in [2.45, 2.75) is 42.8 Å². The van der Waals surface area contributed by atoms with Gasteiger partial charge in [-0.15, -0.1) is 9.42 Å². The van der Waals surface area contributed by atoms with Crippen molar-refractivity contribution < 1.29 is 140 Å². The average molecular weight is 881 g/mol. The van der Waals surface area contributed by atoms with Crippen molar-refractivity contribution in [2.75, 3.05) is 0 Å². The third-order valence-electron chi connectivity index (χ3n) is 4.17. The summed E-state index contributed by atoms with van der Waals surface area (Å²) in [6, 6.07) is 0. The third-order valence-corrected chi connectivity index (χ3v) is 8.39. The van der Waals surface area contributed by atoms with Crippen LogP contribution in [0.2, 0.25) is 0 Å². The Morgan fingerprint density at radius 1 is 0.362 bits per heavy atom. The van der Waals surface area contributed by atoms with Gasteiger partial charge in [0.15, 0.2) is 5.60 Å². The van der Waals surface area contributed by atoms with Crippen molar-refractivity contribution in [1.82, 2.24) is 0 Å². The molecule has 0 saturated heterocycles. The predicted octanol–water partition coefficient (Wildman–Crippen LogP) is -4.52. The fraction of sp³-hybridized carbons (Fsp3) is 1.00. The van der Waals surface area contributed by atoms with E-state index < -0.39 is 111 Å². The molecular formula is C7H7O30P10+. The molecule has 0 aliphatic carbocycles. The lowest BCUT2D eigenvalue weighted by Gasteiger charge is -2.46. The van der Waals surface area contributed by atoms with Crippen LogP contribution in [0.3, 0.4) is 0 Å². The van der Waals surface area contributed by atoms with Crippen LogP contribution in [0, 0.1) is 0 Å². The lowest BCUT2D eigenvalue weighted by Crippen LogP contribution is -2.83. The first-order chi connectivity index (χ1) is 21.2. The number of hydrogen-bond acceptors (Lipinski definition) is 29. The minimum atomic E-state index is -6.03. The van der Waals surface area contributed by atoms with Gasteiger partial charge in [-0.3, -0.25) is 0 Å². The van der Waals surface area contributed by atoms with E-state index in [0.717, 1.165) is 0 Å². The van der Waals surface area contributed by atoms with Crippen LogP contribution in [0.1, 0.15) is 13.8 Å². The van der Waals surface area contributed by atoms with Gasteiger partial charge in [-0.1, -0.05) is 40.7 Å². The van der Waals surface area contributed by atoms with Gasteiger partial charge in [-0.25, -0.2) is 0 Å².